The number of nitrogens with two attached hydrogens (primary N) is 1. The summed E-state index contributed by atoms with van der Waals surface area (Å²) in [6, 6.07) is 13.7. The predicted molar refractivity (Wildman–Crippen MR) is 114 cm³/mol. The second-order valence-corrected chi connectivity index (χ2v) is 7.53. The molecule has 3 rings (SSSR count). The Labute approximate surface area is 181 Å². The van der Waals surface area contributed by atoms with Gasteiger partial charge in [0.25, 0.3) is 17.1 Å². The zero-order chi connectivity index (χ0) is 21.7. The first-order valence-corrected chi connectivity index (χ1v) is 9.84. The average Bonchev–Trinajstić information content (AvgIpc) is 2.95. The van der Waals surface area contributed by atoms with Crippen molar-refractivity contribution in [3.63, 3.8) is 0 Å². The normalized spacial score (nSPS) is 14.8. The highest BCUT2D eigenvalue weighted by atomic mass is 35.5. The molecule has 30 heavy (non-hydrogen) atoms. The molecule has 0 unspecified atom stereocenters. The van der Waals surface area contributed by atoms with Crippen LogP contribution in [0.25, 0.3) is 6.08 Å². The molecule has 0 radical (unpaired) electrons. The Morgan fingerprint density at radius 1 is 1.17 bits per heavy atom. The number of hydrogen-bond donors (Lipinski definition) is 2. The number of para-hydroxylation sites is 1. The van der Waals surface area contributed by atoms with Gasteiger partial charge in [-0.3, -0.25) is 24.1 Å². The summed E-state index contributed by atoms with van der Waals surface area (Å²) in [6.07, 6.45) is 1.48. The molecule has 1 heterocycles. The molecule has 0 saturated carbocycles. The Morgan fingerprint density at radius 2 is 1.90 bits per heavy atom. The lowest BCUT2D eigenvalue weighted by Crippen LogP contribution is -2.36. The van der Waals surface area contributed by atoms with Crippen LogP contribution in [-0.2, 0) is 14.4 Å². The van der Waals surface area contributed by atoms with E-state index >= 15 is 0 Å². The second kappa shape index (κ2) is 9.47. The smallest absolute Gasteiger partial charge is 0.294 e. The van der Waals surface area contributed by atoms with Crippen LogP contribution in [0.1, 0.15) is 5.56 Å². The maximum Gasteiger partial charge on any atom is 0.294 e. The average molecular weight is 446 g/mol. The lowest BCUT2D eigenvalue weighted by molar-refractivity contribution is -0.127. The zero-order valence-corrected chi connectivity index (χ0v) is 17.0. The fourth-order valence-corrected chi connectivity index (χ4v) is 3.61. The van der Waals surface area contributed by atoms with E-state index in [-0.39, 0.29) is 22.4 Å². The molecule has 1 fully saturated rings. The van der Waals surface area contributed by atoms with E-state index in [4.69, 9.17) is 22.1 Å². The highest BCUT2D eigenvalue weighted by molar-refractivity contribution is 8.18. The second-order valence-electron chi connectivity index (χ2n) is 6.13. The number of thioether (sulfide) groups is 1. The van der Waals surface area contributed by atoms with E-state index in [1.54, 1.807) is 36.4 Å². The molecule has 0 aromatic heterocycles. The van der Waals surface area contributed by atoms with E-state index < -0.39 is 23.6 Å². The number of amides is 4. The summed E-state index contributed by atoms with van der Waals surface area (Å²) in [5.74, 6) is -1.43. The number of rotatable bonds is 7. The van der Waals surface area contributed by atoms with Crippen LogP contribution in [0.5, 0.6) is 5.75 Å². The van der Waals surface area contributed by atoms with E-state index in [1.165, 1.54) is 12.1 Å². The maximum atomic E-state index is 12.2. The minimum atomic E-state index is -0.778. The molecule has 0 spiro atoms. The summed E-state index contributed by atoms with van der Waals surface area (Å²) >= 11 is 6.91. The summed E-state index contributed by atoms with van der Waals surface area (Å²) < 4.78 is 5.44. The number of ether oxygens (including phenoxy) is 1. The van der Waals surface area contributed by atoms with Crippen molar-refractivity contribution >= 4 is 58.1 Å². The molecule has 0 atom stereocenters. The van der Waals surface area contributed by atoms with Crippen molar-refractivity contribution in [2.24, 2.45) is 5.73 Å². The number of primary amides is 1. The summed E-state index contributed by atoms with van der Waals surface area (Å²) in [5, 5.41) is 2.35. The highest BCUT2D eigenvalue weighted by Gasteiger charge is 2.35. The van der Waals surface area contributed by atoms with Crippen molar-refractivity contribution in [2.75, 3.05) is 18.5 Å². The van der Waals surface area contributed by atoms with Crippen LogP contribution < -0.4 is 15.8 Å². The third kappa shape index (κ3) is 5.40. The van der Waals surface area contributed by atoms with Crippen molar-refractivity contribution in [1.29, 1.82) is 0 Å². The standard InChI is InChI=1S/C20H16ClN3O5S/c21-14-8-12(9-16-19(27)24(10-17(22)25)20(28)30-16)6-7-15(14)29-11-18(26)23-13-4-2-1-3-5-13/h1-9H,10-11H2,(H2,22,25)(H,23,26)/b16-9-. The van der Waals surface area contributed by atoms with E-state index in [0.717, 1.165) is 4.90 Å². The first kappa shape index (κ1) is 21.4. The van der Waals surface area contributed by atoms with Gasteiger partial charge in [-0.15, -0.1) is 0 Å². The van der Waals surface area contributed by atoms with Crippen molar-refractivity contribution < 1.29 is 23.9 Å². The zero-order valence-electron chi connectivity index (χ0n) is 15.5. The first-order chi connectivity index (χ1) is 14.3. The molecule has 10 heteroatoms. The Balaban J connectivity index is 1.63. The van der Waals surface area contributed by atoms with E-state index in [2.05, 4.69) is 5.32 Å². The van der Waals surface area contributed by atoms with Gasteiger partial charge in [0, 0.05) is 5.69 Å². The van der Waals surface area contributed by atoms with Gasteiger partial charge in [-0.2, -0.15) is 0 Å². The number of carbonyl (C=O) groups excluding carboxylic acids is 4. The third-order valence-corrected chi connectivity index (χ3v) is 5.06. The summed E-state index contributed by atoms with van der Waals surface area (Å²) in [7, 11) is 0. The number of nitrogens with one attached hydrogen (secondary N) is 1. The molecular formula is C20H16ClN3O5S. The Hall–Kier alpha value is -3.30. The molecule has 8 nitrogen and oxygen atoms in total. The molecule has 1 saturated heterocycles. The number of anilines is 1. The van der Waals surface area contributed by atoms with Gasteiger partial charge in [0.1, 0.15) is 12.3 Å². The number of carbonyl (C=O) groups is 4. The molecule has 0 bridgehead atoms. The molecule has 2 aromatic carbocycles. The van der Waals surface area contributed by atoms with E-state index in [1.807, 2.05) is 6.07 Å². The minimum absolute atomic E-state index is 0.147. The van der Waals surface area contributed by atoms with Crippen molar-refractivity contribution in [3.05, 3.63) is 64.0 Å². The van der Waals surface area contributed by atoms with Gasteiger partial charge in [-0.1, -0.05) is 35.9 Å². The van der Waals surface area contributed by atoms with Gasteiger partial charge < -0.3 is 15.8 Å². The molecular weight excluding hydrogens is 430 g/mol. The van der Waals surface area contributed by atoms with Crippen LogP contribution in [0.2, 0.25) is 5.02 Å². The number of hydrogen-bond acceptors (Lipinski definition) is 6. The molecule has 3 N–H and O–H groups in total. The predicted octanol–water partition coefficient (Wildman–Crippen LogP) is 2.88. The Morgan fingerprint density at radius 3 is 2.57 bits per heavy atom. The van der Waals surface area contributed by atoms with Crippen LogP contribution >= 0.6 is 23.4 Å². The number of nitrogens with zero attached hydrogens (tertiary/aromatic N) is 1. The van der Waals surface area contributed by atoms with Crippen LogP contribution in [0.4, 0.5) is 10.5 Å². The maximum absolute atomic E-state index is 12.2. The number of halogens is 1. The van der Waals surface area contributed by atoms with Gasteiger partial charge in [-0.05, 0) is 47.7 Å². The highest BCUT2D eigenvalue weighted by Crippen LogP contribution is 2.33. The first-order valence-electron chi connectivity index (χ1n) is 8.64. The summed E-state index contributed by atoms with van der Waals surface area (Å²) in [4.78, 5) is 48.0. The third-order valence-electron chi connectivity index (χ3n) is 3.86. The molecule has 4 amide bonds. The monoisotopic (exact) mass is 445 g/mol. The summed E-state index contributed by atoms with van der Waals surface area (Å²) in [5.41, 5.74) is 6.25. The SMILES string of the molecule is NC(=O)CN1C(=O)S/C(=C\c2ccc(OCC(=O)Nc3ccccc3)c(Cl)c2)C1=O. The minimum Gasteiger partial charge on any atom is -0.482 e. The molecule has 0 aliphatic carbocycles. The van der Waals surface area contributed by atoms with Gasteiger partial charge in [0.15, 0.2) is 6.61 Å². The lowest BCUT2D eigenvalue weighted by Gasteiger charge is -2.10. The van der Waals surface area contributed by atoms with Gasteiger partial charge >= 0.3 is 0 Å². The Bertz CT molecular complexity index is 1040. The number of benzene rings is 2. The van der Waals surface area contributed by atoms with Gasteiger partial charge in [0.2, 0.25) is 5.91 Å². The van der Waals surface area contributed by atoms with Gasteiger partial charge in [0.05, 0.1) is 9.93 Å². The van der Waals surface area contributed by atoms with Crippen LogP contribution in [-0.4, -0.2) is 41.0 Å². The molecule has 154 valence electrons. The van der Waals surface area contributed by atoms with Crippen LogP contribution in [0.3, 0.4) is 0 Å². The van der Waals surface area contributed by atoms with Crippen molar-refractivity contribution in [1.82, 2.24) is 4.90 Å². The number of imide groups is 1. The van der Waals surface area contributed by atoms with Crippen molar-refractivity contribution in [2.45, 2.75) is 0 Å². The molecule has 1 aliphatic heterocycles. The topological polar surface area (TPSA) is 119 Å². The quantitative estimate of drug-likeness (QED) is 0.632. The lowest BCUT2D eigenvalue weighted by atomic mass is 10.2. The fourth-order valence-electron chi connectivity index (χ4n) is 2.53. The van der Waals surface area contributed by atoms with Crippen LogP contribution in [0, 0.1) is 0 Å². The summed E-state index contributed by atoms with van der Waals surface area (Å²) in [6.45, 7) is -0.708. The molecule has 1 aliphatic rings. The van der Waals surface area contributed by atoms with Crippen molar-refractivity contribution in [3.8, 4) is 5.75 Å². The Kier molecular flexibility index (Phi) is 6.76. The van der Waals surface area contributed by atoms with Gasteiger partial charge in [-0.25, -0.2) is 0 Å². The molecule has 2 aromatic rings. The van der Waals surface area contributed by atoms with Crippen LogP contribution in [0.15, 0.2) is 53.4 Å². The largest absolute Gasteiger partial charge is 0.482 e. The fraction of sp³-hybridized carbons (Fsp3) is 0.100. The van der Waals surface area contributed by atoms with E-state index in [9.17, 15) is 19.2 Å². The van der Waals surface area contributed by atoms with E-state index in [0.29, 0.717) is 28.8 Å².